The van der Waals surface area contributed by atoms with Crippen LogP contribution in [0.4, 0.5) is 4.79 Å². The molecule has 1 aromatic rings. The topological polar surface area (TPSA) is 88.5 Å². The molecule has 0 saturated carbocycles. The van der Waals surface area contributed by atoms with Crippen molar-refractivity contribution in [1.82, 2.24) is 9.80 Å². The van der Waals surface area contributed by atoms with Crippen LogP contribution in [0.3, 0.4) is 0 Å². The summed E-state index contributed by atoms with van der Waals surface area (Å²) >= 11 is 0. The van der Waals surface area contributed by atoms with Gasteiger partial charge in [-0.25, -0.2) is 9.59 Å². The van der Waals surface area contributed by atoms with Gasteiger partial charge < -0.3 is 19.3 Å². The first kappa shape index (κ1) is 23.7. The number of amides is 1. The number of ether oxygens (including phenoxy) is 3. The molecule has 3 aliphatic heterocycles. The van der Waals surface area contributed by atoms with Crippen LogP contribution in [0.2, 0.25) is 0 Å². The summed E-state index contributed by atoms with van der Waals surface area (Å²) in [6.07, 6.45) is 2.94. The lowest BCUT2D eigenvalue weighted by molar-refractivity contribution is -0.147. The number of carbonyl (C=O) groups is 2. The first-order valence-corrected chi connectivity index (χ1v) is 12.0. The van der Waals surface area contributed by atoms with Crippen LogP contribution in [0.5, 0.6) is 11.5 Å². The Kier molecular flexibility index (Phi) is 7.02. The number of fused-ring (bicyclic) bond motifs is 3. The first-order chi connectivity index (χ1) is 15.8. The molecule has 2 saturated heterocycles. The normalized spacial score (nSPS) is 26.8. The Morgan fingerprint density at radius 1 is 1.12 bits per heavy atom. The van der Waals surface area contributed by atoms with E-state index in [0.717, 1.165) is 43.9 Å². The molecular formula is C25H36N2O6. The van der Waals surface area contributed by atoms with Crippen LogP contribution < -0.4 is 9.47 Å². The summed E-state index contributed by atoms with van der Waals surface area (Å²) in [6.45, 7) is 7.21. The lowest BCUT2D eigenvalue weighted by Crippen LogP contribution is -2.55. The van der Waals surface area contributed by atoms with E-state index < -0.39 is 18.1 Å². The van der Waals surface area contributed by atoms with Crippen molar-refractivity contribution in [1.29, 1.82) is 0 Å². The molecular weight excluding hydrogens is 424 g/mol. The van der Waals surface area contributed by atoms with Crippen molar-refractivity contribution in [3.63, 3.8) is 0 Å². The number of aliphatic carboxylic acids is 1. The maximum absolute atomic E-state index is 12.5. The first-order valence-electron chi connectivity index (χ1n) is 12.0. The molecule has 4 rings (SSSR count). The molecule has 2 fully saturated rings. The van der Waals surface area contributed by atoms with Crippen molar-refractivity contribution in [2.75, 3.05) is 40.5 Å². The van der Waals surface area contributed by atoms with E-state index in [1.54, 1.807) is 14.2 Å². The quantitative estimate of drug-likeness (QED) is 0.665. The van der Waals surface area contributed by atoms with Crippen LogP contribution in [0.15, 0.2) is 12.1 Å². The molecule has 1 N–H and O–H groups in total. The summed E-state index contributed by atoms with van der Waals surface area (Å²) in [7, 11) is 3.32. The van der Waals surface area contributed by atoms with Crippen molar-refractivity contribution in [2.24, 2.45) is 17.8 Å². The van der Waals surface area contributed by atoms with Crippen molar-refractivity contribution < 1.29 is 28.9 Å². The average Bonchev–Trinajstić information content (AvgIpc) is 2.74. The third kappa shape index (κ3) is 4.76. The zero-order valence-electron chi connectivity index (χ0n) is 20.1. The van der Waals surface area contributed by atoms with Gasteiger partial charge in [-0.3, -0.25) is 9.80 Å². The van der Waals surface area contributed by atoms with Gasteiger partial charge in [-0.2, -0.15) is 0 Å². The van der Waals surface area contributed by atoms with Gasteiger partial charge in [0.2, 0.25) is 0 Å². The molecule has 3 heterocycles. The van der Waals surface area contributed by atoms with Gasteiger partial charge >= 0.3 is 12.1 Å². The number of carbonyl (C=O) groups excluding carboxylic acids is 1. The highest BCUT2D eigenvalue weighted by Crippen LogP contribution is 2.45. The van der Waals surface area contributed by atoms with E-state index in [0.29, 0.717) is 31.4 Å². The number of rotatable bonds is 7. The number of carboxylic acids is 1. The minimum atomic E-state index is -0.965. The lowest BCUT2D eigenvalue weighted by atomic mass is 9.74. The zero-order valence-corrected chi connectivity index (χ0v) is 20.1. The molecule has 0 radical (unpaired) electrons. The highest BCUT2D eigenvalue weighted by atomic mass is 16.6. The van der Waals surface area contributed by atoms with Gasteiger partial charge in [0.25, 0.3) is 0 Å². The number of hydrogen-bond donors (Lipinski definition) is 1. The molecule has 0 aromatic heterocycles. The molecule has 0 bridgehead atoms. The Morgan fingerprint density at radius 3 is 2.45 bits per heavy atom. The van der Waals surface area contributed by atoms with Gasteiger partial charge in [0, 0.05) is 25.7 Å². The molecule has 8 nitrogen and oxygen atoms in total. The molecule has 182 valence electrons. The fourth-order valence-electron chi connectivity index (χ4n) is 5.70. The van der Waals surface area contributed by atoms with Gasteiger partial charge in [-0.15, -0.1) is 0 Å². The SMILES string of the molecule is COc1cc2c(cc1OC)C1CC(COC(=O)N3CCC3C(=O)O)C(CC(C)C)CN1CC2. The summed E-state index contributed by atoms with van der Waals surface area (Å²) in [4.78, 5) is 27.7. The van der Waals surface area contributed by atoms with Crippen molar-refractivity contribution in [3.8, 4) is 11.5 Å². The third-order valence-electron chi connectivity index (χ3n) is 7.51. The van der Waals surface area contributed by atoms with E-state index in [-0.39, 0.29) is 12.0 Å². The molecule has 4 atom stereocenters. The predicted octanol–water partition coefficient (Wildman–Crippen LogP) is 3.58. The molecule has 1 aromatic carbocycles. The minimum absolute atomic E-state index is 0.223. The number of methoxy groups -OCH3 is 2. The Bertz CT molecular complexity index is 888. The summed E-state index contributed by atoms with van der Waals surface area (Å²) < 4.78 is 16.8. The summed E-state index contributed by atoms with van der Waals surface area (Å²) in [6, 6.07) is 3.69. The van der Waals surface area contributed by atoms with Gasteiger partial charge in [-0.05, 0) is 66.7 Å². The monoisotopic (exact) mass is 460 g/mol. The Labute approximate surface area is 195 Å². The van der Waals surface area contributed by atoms with E-state index in [4.69, 9.17) is 14.2 Å². The van der Waals surface area contributed by atoms with Gasteiger partial charge in [0.1, 0.15) is 6.04 Å². The number of piperidine rings is 1. The predicted molar refractivity (Wildman–Crippen MR) is 123 cm³/mol. The summed E-state index contributed by atoms with van der Waals surface area (Å²) in [5.41, 5.74) is 2.56. The Morgan fingerprint density at radius 2 is 1.85 bits per heavy atom. The van der Waals surface area contributed by atoms with Gasteiger partial charge in [0.15, 0.2) is 11.5 Å². The molecule has 3 aliphatic rings. The summed E-state index contributed by atoms with van der Waals surface area (Å²) in [5, 5.41) is 9.24. The van der Waals surface area contributed by atoms with Crippen molar-refractivity contribution in [3.05, 3.63) is 23.3 Å². The average molecular weight is 461 g/mol. The zero-order chi connectivity index (χ0) is 23.7. The van der Waals surface area contributed by atoms with Crippen molar-refractivity contribution >= 4 is 12.1 Å². The molecule has 4 unspecified atom stereocenters. The van der Waals surface area contributed by atoms with Crippen molar-refractivity contribution in [2.45, 2.75) is 51.6 Å². The summed E-state index contributed by atoms with van der Waals surface area (Å²) in [5.74, 6) is 1.74. The number of carboxylic acid groups (broad SMARTS) is 1. The van der Waals surface area contributed by atoms with E-state index >= 15 is 0 Å². The van der Waals surface area contributed by atoms with E-state index in [1.165, 1.54) is 16.0 Å². The fraction of sp³-hybridized carbons (Fsp3) is 0.680. The van der Waals surface area contributed by atoms with E-state index in [2.05, 4.69) is 30.9 Å². The smallest absolute Gasteiger partial charge is 0.410 e. The van der Waals surface area contributed by atoms with Crippen LogP contribution >= 0.6 is 0 Å². The molecule has 33 heavy (non-hydrogen) atoms. The lowest BCUT2D eigenvalue weighted by Gasteiger charge is -2.48. The fourth-order valence-corrected chi connectivity index (χ4v) is 5.70. The number of likely N-dealkylation sites (tertiary alicyclic amines) is 1. The van der Waals surface area contributed by atoms with Crippen LogP contribution in [0, 0.1) is 17.8 Å². The van der Waals surface area contributed by atoms with Gasteiger partial charge in [-0.1, -0.05) is 13.8 Å². The molecule has 1 amide bonds. The Balaban J connectivity index is 1.51. The van der Waals surface area contributed by atoms with E-state index in [9.17, 15) is 14.7 Å². The van der Waals surface area contributed by atoms with Crippen LogP contribution in [0.25, 0.3) is 0 Å². The largest absolute Gasteiger partial charge is 0.493 e. The molecule has 0 aliphatic carbocycles. The number of nitrogens with zero attached hydrogens (tertiary/aromatic N) is 2. The highest BCUT2D eigenvalue weighted by Gasteiger charge is 2.42. The third-order valence-corrected chi connectivity index (χ3v) is 7.51. The second-order valence-electron chi connectivity index (χ2n) is 9.97. The van der Waals surface area contributed by atoms with Crippen LogP contribution in [-0.4, -0.2) is 73.5 Å². The maximum atomic E-state index is 12.5. The molecule has 8 heteroatoms. The van der Waals surface area contributed by atoms with Crippen LogP contribution in [0.1, 0.15) is 50.3 Å². The number of hydrogen-bond acceptors (Lipinski definition) is 6. The Hall–Kier alpha value is -2.48. The van der Waals surface area contributed by atoms with Crippen LogP contribution in [-0.2, 0) is 16.0 Å². The minimum Gasteiger partial charge on any atom is -0.493 e. The standard InChI is InChI=1S/C25H36N2O6/c1-15(2)9-17-13-26-7-5-16-11-22(31-3)23(32-4)12-19(16)21(26)10-18(17)14-33-25(30)27-8-6-20(27)24(28)29/h11-12,15,17-18,20-21H,5-10,13-14H2,1-4H3,(H,28,29). The molecule has 0 spiro atoms. The highest BCUT2D eigenvalue weighted by molar-refractivity contribution is 5.81. The number of benzene rings is 1. The second kappa shape index (κ2) is 9.79. The van der Waals surface area contributed by atoms with E-state index in [1.807, 2.05) is 0 Å². The van der Waals surface area contributed by atoms with Gasteiger partial charge in [0.05, 0.1) is 20.8 Å². The second-order valence-corrected chi connectivity index (χ2v) is 9.97. The maximum Gasteiger partial charge on any atom is 0.410 e.